The van der Waals surface area contributed by atoms with Gasteiger partial charge in [-0.1, -0.05) is 0 Å². The van der Waals surface area contributed by atoms with Crippen LogP contribution in [-0.2, 0) is 0 Å². The van der Waals surface area contributed by atoms with Crippen LogP contribution in [0.2, 0.25) is 0 Å². The SMILES string of the molecule is Cc1cc(C(=O)N2CCSCC2)sc1C. The van der Waals surface area contributed by atoms with Gasteiger partial charge in [-0.05, 0) is 25.5 Å². The maximum absolute atomic E-state index is 12.1. The second kappa shape index (κ2) is 4.58. The zero-order valence-corrected chi connectivity index (χ0v) is 10.7. The second-order valence-corrected chi connectivity index (χ2v) is 6.24. The predicted molar refractivity (Wildman–Crippen MR) is 67.0 cm³/mol. The van der Waals surface area contributed by atoms with E-state index in [9.17, 15) is 4.79 Å². The van der Waals surface area contributed by atoms with E-state index in [1.165, 1.54) is 10.4 Å². The first-order chi connectivity index (χ1) is 7.18. The van der Waals surface area contributed by atoms with Crippen LogP contribution >= 0.6 is 23.1 Å². The number of nitrogens with zero attached hydrogens (tertiary/aromatic N) is 1. The lowest BCUT2D eigenvalue weighted by atomic mass is 10.2. The van der Waals surface area contributed by atoms with Crippen LogP contribution in [0, 0.1) is 13.8 Å². The van der Waals surface area contributed by atoms with Gasteiger partial charge in [0.15, 0.2) is 0 Å². The summed E-state index contributed by atoms with van der Waals surface area (Å²) in [6.07, 6.45) is 0. The van der Waals surface area contributed by atoms with Crippen molar-refractivity contribution in [3.05, 3.63) is 21.4 Å². The molecule has 1 saturated heterocycles. The third kappa shape index (κ3) is 2.37. The number of rotatable bonds is 1. The molecule has 0 aromatic carbocycles. The first-order valence-electron chi connectivity index (χ1n) is 5.12. The van der Waals surface area contributed by atoms with Gasteiger partial charge in [0.25, 0.3) is 5.91 Å². The summed E-state index contributed by atoms with van der Waals surface area (Å²) < 4.78 is 0. The van der Waals surface area contributed by atoms with E-state index in [0.29, 0.717) is 0 Å². The third-order valence-electron chi connectivity index (χ3n) is 2.68. The average molecular weight is 241 g/mol. The lowest BCUT2D eigenvalue weighted by molar-refractivity contribution is 0.0777. The van der Waals surface area contributed by atoms with Crippen LogP contribution < -0.4 is 0 Å². The minimum Gasteiger partial charge on any atom is -0.336 e. The van der Waals surface area contributed by atoms with Gasteiger partial charge in [0, 0.05) is 29.5 Å². The lowest BCUT2D eigenvalue weighted by Crippen LogP contribution is -2.37. The fourth-order valence-electron chi connectivity index (χ4n) is 1.60. The molecule has 2 rings (SSSR count). The molecule has 1 aliphatic rings. The van der Waals surface area contributed by atoms with Gasteiger partial charge in [0.05, 0.1) is 4.88 Å². The lowest BCUT2D eigenvalue weighted by Gasteiger charge is -2.25. The summed E-state index contributed by atoms with van der Waals surface area (Å²) in [4.78, 5) is 16.2. The van der Waals surface area contributed by atoms with E-state index in [2.05, 4.69) is 13.8 Å². The van der Waals surface area contributed by atoms with E-state index in [1.54, 1.807) is 11.3 Å². The van der Waals surface area contributed by atoms with Crippen molar-refractivity contribution < 1.29 is 4.79 Å². The van der Waals surface area contributed by atoms with Gasteiger partial charge in [-0.15, -0.1) is 11.3 Å². The smallest absolute Gasteiger partial charge is 0.263 e. The van der Waals surface area contributed by atoms with Crippen LogP contribution in [0.3, 0.4) is 0 Å². The highest BCUT2D eigenvalue weighted by molar-refractivity contribution is 7.99. The molecule has 1 aromatic rings. The Morgan fingerprint density at radius 3 is 2.53 bits per heavy atom. The molecule has 1 fully saturated rings. The normalized spacial score (nSPS) is 16.8. The van der Waals surface area contributed by atoms with Gasteiger partial charge in [0.2, 0.25) is 0 Å². The number of amides is 1. The highest BCUT2D eigenvalue weighted by Gasteiger charge is 2.20. The molecule has 1 aromatic heterocycles. The topological polar surface area (TPSA) is 20.3 Å². The minimum atomic E-state index is 0.219. The second-order valence-electron chi connectivity index (χ2n) is 3.75. The van der Waals surface area contributed by atoms with Gasteiger partial charge in [-0.25, -0.2) is 0 Å². The van der Waals surface area contributed by atoms with Crippen molar-refractivity contribution in [3.63, 3.8) is 0 Å². The minimum absolute atomic E-state index is 0.219. The number of hydrogen-bond acceptors (Lipinski definition) is 3. The summed E-state index contributed by atoms with van der Waals surface area (Å²) >= 11 is 3.55. The average Bonchev–Trinajstić information content (AvgIpc) is 2.59. The Morgan fingerprint density at radius 2 is 2.00 bits per heavy atom. The molecule has 0 spiro atoms. The highest BCUT2D eigenvalue weighted by atomic mass is 32.2. The standard InChI is InChI=1S/C11H15NOS2/c1-8-7-10(15-9(8)2)11(13)12-3-5-14-6-4-12/h7H,3-6H2,1-2H3. The van der Waals surface area contributed by atoms with Crippen LogP contribution in [0.5, 0.6) is 0 Å². The van der Waals surface area contributed by atoms with Crippen LogP contribution in [-0.4, -0.2) is 35.4 Å². The molecule has 0 atom stereocenters. The molecule has 1 amide bonds. The summed E-state index contributed by atoms with van der Waals surface area (Å²) in [5.74, 6) is 2.38. The Bertz CT molecular complexity index is 347. The molecule has 4 heteroatoms. The van der Waals surface area contributed by atoms with Crippen molar-refractivity contribution in [2.24, 2.45) is 0 Å². The van der Waals surface area contributed by atoms with Crippen LogP contribution in [0.1, 0.15) is 20.1 Å². The molecule has 15 heavy (non-hydrogen) atoms. The number of thioether (sulfide) groups is 1. The summed E-state index contributed by atoms with van der Waals surface area (Å²) in [6, 6.07) is 2.02. The number of carbonyl (C=O) groups excluding carboxylic acids is 1. The van der Waals surface area contributed by atoms with Crippen molar-refractivity contribution in [1.82, 2.24) is 4.90 Å². The maximum Gasteiger partial charge on any atom is 0.263 e. The van der Waals surface area contributed by atoms with Crippen LogP contribution in [0.4, 0.5) is 0 Å². The van der Waals surface area contributed by atoms with Gasteiger partial charge < -0.3 is 4.90 Å². The van der Waals surface area contributed by atoms with Crippen molar-refractivity contribution in [2.75, 3.05) is 24.6 Å². The van der Waals surface area contributed by atoms with Crippen molar-refractivity contribution >= 4 is 29.0 Å². The number of carbonyl (C=O) groups is 1. The van der Waals surface area contributed by atoms with E-state index in [-0.39, 0.29) is 5.91 Å². The van der Waals surface area contributed by atoms with E-state index < -0.39 is 0 Å². The van der Waals surface area contributed by atoms with Crippen LogP contribution in [0.15, 0.2) is 6.07 Å². The van der Waals surface area contributed by atoms with Crippen molar-refractivity contribution in [1.29, 1.82) is 0 Å². The van der Waals surface area contributed by atoms with Crippen molar-refractivity contribution in [3.8, 4) is 0 Å². The molecule has 1 aliphatic heterocycles. The molecule has 0 unspecified atom stereocenters. The summed E-state index contributed by atoms with van der Waals surface area (Å²) in [6.45, 7) is 5.94. The first-order valence-corrected chi connectivity index (χ1v) is 7.09. The predicted octanol–water partition coefficient (Wildman–Crippen LogP) is 2.55. The molecular formula is C11H15NOS2. The molecular weight excluding hydrogens is 226 g/mol. The zero-order chi connectivity index (χ0) is 10.8. The van der Waals surface area contributed by atoms with Crippen LogP contribution in [0.25, 0.3) is 0 Å². The number of aryl methyl sites for hydroxylation is 2. The molecule has 0 radical (unpaired) electrons. The fourth-order valence-corrected chi connectivity index (χ4v) is 3.51. The molecule has 0 saturated carbocycles. The molecule has 0 N–H and O–H groups in total. The summed E-state index contributed by atoms with van der Waals surface area (Å²) in [5.41, 5.74) is 1.23. The Kier molecular flexibility index (Phi) is 3.36. The Labute approximate surface area is 98.7 Å². The molecule has 2 heterocycles. The first kappa shape index (κ1) is 11.0. The maximum atomic E-state index is 12.1. The summed E-state index contributed by atoms with van der Waals surface area (Å²) in [5, 5.41) is 0. The highest BCUT2D eigenvalue weighted by Crippen LogP contribution is 2.23. The van der Waals surface area contributed by atoms with Gasteiger partial charge >= 0.3 is 0 Å². The quantitative estimate of drug-likeness (QED) is 0.753. The Morgan fingerprint density at radius 1 is 1.33 bits per heavy atom. The fraction of sp³-hybridized carbons (Fsp3) is 0.545. The molecule has 0 aliphatic carbocycles. The van der Waals surface area contributed by atoms with Gasteiger partial charge in [0.1, 0.15) is 0 Å². The third-order valence-corrected chi connectivity index (χ3v) is 4.76. The number of thiophene rings is 1. The van der Waals surface area contributed by atoms with E-state index in [4.69, 9.17) is 0 Å². The van der Waals surface area contributed by atoms with Gasteiger partial charge in [-0.2, -0.15) is 11.8 Å². The Hall–Kier alpha value is -0.480. The molecule has 82 valence electrons. The van der Waals surface area contributed by atoms with E-state index in [1.807, 2.05) is 22.7 Å². The number of hydrogen-bond donors (Lipinski definition) is 0. The van der Waals surface area contributed by atoms with Crippen molar-refractivity contribution in [2.45, 2.75) is 13.8 Å². The molecule has 2 nitrogen and oxygen atoms in total. The Balaban J connectivity index is 2.12. The zero-order valence-electron chi connectivity index (χ0n) is 9.08. The monoisotopic (exact) mass is 241 g/mol. The largest absolute Gasteiger partial charge is 0.336 e. The molecule has 0 bridgehead atoms. The van der Waals surface area contributed by atoms with E-state index >= 15 is 0 Å². The summed E-state index contributed by atoms with van der Waals surface area (Å²) in [7, 11) is 0. The van der Waals surface area contributed by atoms with Gasteiger partial charge in [-0.3, -0.25) is 4.79 Å². The van der Waals surface area contributed by atoms with E-state index in [0.717, 1.165) is 29.5 Å².